The topological polar surface area (TPSA) is 47.9 Å². The van der Waals surface area contributed by atoms with Crippen LogP contribution in [0.3, 0.4) is 0 Å². The number of halogens is 1. The minimum Gasteiger partial charge on any atom is -0.386 e. The highest BCUT2D eigenvalue weighted by molar-refractivity contribution is 14.0. The number of aryl methyl sites for hydroxylation is 1. The summed E-state index contributed by atoms with van der Waals surface area (Å²) in [5.74, 6) is 0.965. The maximum absolute atomic E-state index is 10.4. The van der Waals surface area contributed by atoms with Gasteiger partial charge in [-0.25, -0.2) is 0 Å². The van der Waals surface area contributed by atoms with Crippen molar-refractivity contribution in [1.82, 2.24) is 10.2 Å². The Kier molecular flexibility index (Phi) is 7.55. The van der Waals surface area contributed by atoms with E-state index in [9.17, 15) is 5.11 Å². The van der Waals surface area contributed by atoms with E-state index in [1.165, 1.54) is 37.7 Å². The van der Waals surface area contributed by atoms with Gasteiger partial charge in [0, 0.05) is 19.6 Å². The highest BCUT2D eigenvalue weighted by atomic mass is 127. The lowest BCUT2D eigenvalue weighted by Crippen LogP contribution is -2.41. The third-order valence-corrected chi connectivity index (χ3v) is 5.61. The molecule has 0 radical (unpaired) electrons. The highest BCUT2D eigenvalue weighted by Crippen LogP contribution is 2.45. The van der Waals surface area contributed by atoms with Gasteiger partial charge < -0.3 is 15.3 Å². The number of aliphatic imine (C=N–C) groups is 1. The molecule has 1 aromatic carbocycles. The van der Waals surface area contributed by atoms with E-state index in [0.29, 0.717) is 12.0 Å². The van der Waals surface area contributed by atoms with Crippen molar-refractivity contribution >= 4 is 29.9 Å². The van der Waals surface area contributed by atoms with Crippen LogP contribution in [0.5, 0.6) is 0 Å². The molecule has 1 heterocycles. The van der Waals surface area contributed by atoms with Crippen molar-refractivity contribution in [3.8, 4) is 0 Å². The molecule has 5 heteroatoms. The van der Waals surface area contributed by atoms with Gasteiger partial charge in [0.15, 0.2) is 5.96 Å². The summed E-state index contributed by atoms with van der Waals surface area (Å²) in [7, 11) is 0. The molecule has 1 unspecified atom stereocenters. The van der Waals surface area contributed by atoms with E-state index in [-0.39, 0.29) is 24.0 Å². The first kappa shape index (κ1) is 20.5. The molecule has 1 aliphatic heterocycles. The van der Waals surface area contributed by atoms with Gasteiger partial charge in [-0.1, -0.05) is 42.7 Å². The number of guanidine groups is 1. The van der Waals surface area contributed by atoms with Crippen molar-refractivity contribution in [2.24, 2.45) is 10.4 Å². The fourth-order valence-electron chi connectivity index (χ4n) is 4.14. The molecule has 0 amide bonds. The van der Waals surface area contributed by atoms with Crippen LogP contribution in [0.15, 0.2) is 29.3 Å². The molecule has 1 atom stereocenters. The van der Waals surface area contributed by atoms with E-state index in [0.717, 1.165) is 31.2 Å². The Labute approximate surface area is 169 Å². The zero-order valence-electron chi connectivity index (χ0n) is 15.5. The zero-order valence-corrected chi connectivity index (χ0v) is 17.8. The van der Waals surface area contributed by atoms with Crippen molar-refractivity contribution in [1.29, 1.82) is 0 Å². The van der Waals surface area contributed by atoms with E-state index in [1.807, 2.05) is 24.3 Å². The molecule has 2 aliphatic rings. The van der Waals surface area contributed by atoms with E-state index in [1.54, 1.807) is 0 Å². The first-order valence-corrected chi connectivity index (χ1v) is 9.40. The van der Waals surface area contributed by atoms with Crippen molar-refractivity contribution < 1.29 is 5.11 Å². The van der Waals surface area contributed by atoms with Gasteiger partial charge in [0.25, 0.3) is 0 Å². The first-order chi connectivity index (χ1) is 11.6. The number of rotatable bonds is 4. The number of aliphatic hydroxyl groups excluding tert-OH is 1. The molecule has 25 heavy (non-hydrogen) atoms. The smallest absolute Gasteiger partial charge is 0.194 e. The predicted octanol–water partition coefficient (Wildman–Crippen LogP) is 3.88. The summed E-state index contributed by atoms with van der Waals surface area (Å²) in [6, 6.07) is 8.06. The van der Waals surface area contributed by atoms with Crippen LogP contribution < -0.4 is 5.32 Å². The minimum atomic E-state index is -0.540. The van der Waals surface area contributed by atoms with Crippen molar-refractivity contribution in [2.45, 2.75) is 52.1 Å². The van der Waals surface area contributed by atoms with Gasteiger partial charge in [-0.15, -0.1) is 24.0 Å². The maximum Gasteiger partial charge on any atom is 0.194 e. The Morgan fingerprint density at radius 2 is 1.92 bits per heavy atom. The fraction of sp³-hybridized carbons (Fsp3) is 0.650. The number of aliphatic hydroxyl groups is 1. The lowest BCUT2D eigenvalue weighted by molar-refractivity contribution is 0.186. The third kappa shape index (κ3) is 5.09. The lowest BCUT2D eigenvalue weighted by atomic mass is 9.86. The summed E-state index contributed by atoms with van der Waals surface area (Å²) in [6.07, 6.45) is 6.26. The molecule has 1 spiro atoms. The highest BCUT2D eigenvalue weighted by Gasteiger charge is 2.41. The number of benzene rings is 1. The average Bonchev–Trinajstić information content (AvgIpc) is 3.22. The molecule has 2 fully saturated rings. The molecular weight excluding hydrogens is 425 g/mol. The standard InChI is InChI=1S/C20H31N3O.HI/c1-3-21-19(23-13-12-20(15-23)10-4-5-11-20)22-14-18(24)17-8-6-16(2)7-9-17;/h6-9,18,24H,3-5,10-15H2,1-2H3,(H,21,22);1H. The van der Waals surface area contributed by atoms with Gasteiger partial charge in [-0.2, -0.15) is 0 Å². The van der Waals surface area contributed by atoms with Gasteiger partial charge in [0.1, 0.15) is 0 Å². The molecule has 1 saturated carbocycles. The Morgan fingerprint density at radius 3 is 2.56 bits per heavy atom. The number of likely N-dealkylation sites (tertiary alicyclic amines) is 1. The first-order valence-electron chi connectivity index (χ1n) is 9.40. The Bertz CT molecular complexity index is 567. The zero-order chi connectivity index (χ0) is 17.0. The second kappa shape index (κ2) is 9.21. The Balaban J connectivity index is 0.00000225. The number of hydrogen-bond donors (Lipinski definition) is 2. The minimum absolute atomic E-state index is 0. The summed E-state index contributed by atoms with van der Waals surface area (Å²) in [4.78, 5) is 7.13. The molecule has 2 N–H and O–H groups in total. The van der Waals surface area contributed by atoms with E-state index >= 15 is 0 Å². The lowest BCUT2D eigenvalue weighted by Gasteiger charge is -2.26. The van der Waals surface area contributed by atoms with Crippen LogP contribution >= 0.6 is 24.0 Å². The molecule has 1 saturated heterocycles. The fourth-order valence-corrected chi connectivity index (χ4v) is 4.14. The van der Waals surface area contributed by atoms with Crippen molar-refractivity contribution in [3.63, 3.8) is 0 Å². The summed E-state index contributed by atoms with van der Waals surface area (Å²) in [5, 5.41) is 13.8. The SMILES string of the molecule is CCNC(=NCC(O)c1ccc(C)cc1)N1CCC2(CCCC2)C1.I. The van der Waals surface area contributed by atoms with Crippen molar-refractivity contribution in [2.75, 3.05) is 26.2 Å². The van der Waals surface area contributed by atoms with Crippen LogP contribution in [0.2, 0.25) is 0 Å². The largest absolute Gasteiger partial charge is 0.386 e. The molecule has 3 rings (SSSR count). The van der Waals surface area contributed by atoms with Gasteiger partial charge >= 0.3 is 0 Å². The summed E-state index contributed by atoms with van der Waals surface area (Å²) in [6.45, 7) is 7.65. The molecular formula is C20H32IN3O. The molecule has 0 aromatic heterocycles. The monoisotopic (exact) mass is 457 g/mol. The molecule has 140 valence electrons. The Morgan fingerprint density at radius 1 is 1.24 bits per heavy atom. The normalized spacial score (nSPS) is 20.6. The summed E-state index contributed by atoms with van der Waals surface area (Å²) >= 11 is 0. The van der Waals surface area contributed by atoms with Crippen molar-refractivity contribution in [3.05, 3.63) is 35.4 Å². The number of nitrogens with one attached hydrogen (secondary N) is 1. The molecule has 1 aromatic rings. The number of nitrogens with zero attached hydrogens (tertiary/aromatic N) is 2. The van der Waals surface area contributed by atoms with Gasteiger partial charge in [-0.3, -0.25) is 4.99 Å². The van der Waals surface area contributed by atoms with Crippen LogP contribution in [-0.2, 0) is 0 Å². The van der Waals surface area contributed by atoms with Crippen LogP contribution in [0.1, 0.15) is 56.3 Å². The van der Waals surface area contributed by atoms with Gasteiger partial charge in [0.2, 0.25) is 0 Å². The van der Waals surface area contributed by atoms with Crippen LogP contribution in [0, 0.1) is 12.3 Å². The number of hydrogen-bond acceptors (Lipinski definition) is 2. The van der Waals surface area contributed by atoms with E-state index in [4.69, 9.17) is 4.99 Å². The van der Waals surface area contributed by atoms with Gasteiger partial charge in [-0.05, 0) is 44.1 Å². The molecule has 4 nitrogen and oxygen atoms in total. The van der Waals surface area contributed by atoms with Crippen LogP contribution in [0.25, 0.3) is 0 Å². The quantitative estimate of drug-likeness (QED) is 0.410. The predicted molar refractivity (Wildman–Crippen MR) is 115 cm³/mol. The van der Waals surface area contributed by atoms with E-state index in [2.05, 4.69) is 24.1 Å². The average molecular weight is 457 g/mol. The van der Waals surface area contributed by atoms with Crippen LogP contribution in [-0.4, -0.2) is 42.1 Å². The van der Waals surface area contributed by atoms with E-state index < -0.39 is 6.10 Å². The van der Waals surface area contributed by atoms with Gasteiger partial charge in [0.05, 0.1) is 12.6 Å². The Hall–Kier alpha value is -0.820. The molecule has 0 bridgehead atoms. The molecule has 1 aliphatic carbocycles. The van der Waals surface area contributed by atoms with Crippen LogP contribution in [0.4, 0.5) is 0 Å². The second-order valence-corrected chi connectivity index (χ2v) is 7.50. The second-order valence-electron chi connectivity index (χ2n) is 7.50. The summed E-state index contributed by atoms with van der Waals surface area (Å²) < 4.78 is 0. The third-order valence-electron chi connectivity index (χ3n) is 5.61. The maximum atomic E-state index is 10.4. The summed E-state index contributed by atoms with van der Waals surface area (Å²) in [5.41, 5.74) is 2.68.